The van der Waals surface area contributed by atoms with Crippen molar-refractivity contribution in [2.24, 2.45) is 4.99 Å². The number of likely N-dealkylation sites (tertiary alicyclic amines) is 1. The number of halogens is 2. The summed E-state index contributed by atoms with van der Waals surface area (Å²) in [7, 11) is 3.42. The predicted octanol–water partition coefficient (Wildman–Crippen LogP) is 1.93. The lowest BCUT2D eigenvalue weighted by molar-refractivity contribution is -0.122. The number of nitrogens with one attached hydrogen (secondary N) is 3. The lowest BCUT2D eigenvalue weighted by atomic mass is 10.1. The van der Waals surface area contributed by atoms with Gasteiger partial charge < -0.3 is 20.5 Å². The molecule has 0 atom stereocenters. The summed E-state index contributed by atoms with van der Waals surface area (Å²) in [5, 5.41) is 14.1. The van der Waals surface area contributed by atoms with Gasteiger partial charge >= 0.3 is 0 Å². The Kier molecular flexibility index (Phi) is 10.5. The molecule has 0 saturated carbocycles. The summed E-state index contributed by atoms with van der Waals surface area (Å²) in [5.41, 5.74) is 0.864. The largest absolute Gasteiger partial charge is 0.358 e. The Labute approximate surface area is 204 Å². The Bertz CT molecular complexity index is 851. The fourth-order valence-corrected chi connectivity index (χ4v) is 3.39. The van der Waals surface area contributed by atoms with Gasteiger partial charge in [0.2, 0.25) is 17.6 Å². The third-order valence-electron chi connectivity index (χ3n) is 5.00. The third kappa shape index (κ3) is 7.93. The monoisotopic (exact) mass is 561 g/mol. The van der Waals surface area contributed by atoms with Gasteiger partial charge in [-0.25, -0.2) is 0 Å². The lowest BCUT2D eigenvalue weighted by Crippen LogP contribution is -2.50. The van der Waals surface area contributed by atoms with Crippen molar-refractivity contribution in [1.29, 1.82) is 0 Å². The third-order valence-corrected chi connectivity index (χ3v) is 5.25. The van der Waals surface area contributed by atoms with Crippen LogP contribution >= 0.6 is 35.6 Å². The highest BCUT2D eigenvalue weighted by Gasteiger charge is 2.21. The number of carbonyl (C=O) groups is 1. The molecule has 1 amide bonds. The van der Waals surface area contributed by atoms with Crippen molar-refractivity contribution < 1.29 is 9.32 Å². The van der Waals surface area contributed by atoms with Gasteiger partial charge in [0.15, 0.2) is 5.96 Å². The number of aliphatic imine (C=N–C) groups is 1. The van der Waals surface area contributed by atoms with E-state index in [-0.39, 0.29) is 29.9 Å². The number of likely N-dealkylation sites (N-methyl/N-ethyl adjacent to an activating group) is 1. The second kappa shape index (κ2) is 12.8. The first kappa shape index (κ1) is 25.3. The molecule has 0 spiro atoms. The van der Waals surface area contributed by atoms with Gasteiger partial charge in [-0.1, -0.05) is 16.8 Å². The summed E-state index contributed by atoms with van der Waals surface area (Å²) in [6.45, 7) is 2.85. The fraction of sp³-hybridized carbons (Fsp3) is 0.500. The maximum atomic E-state index is 11.5. The fourth-order valence-electron chi connectivity index (χ4n) is 3.27. The molecule has 0 aliphatic carbocycles. The predicted molar refractivity (Wildman–Crippen MR) is 132 cm³/mol. The van der Waals surface area contributed by atoms with Crippen LogP contribution in [0.1, 0.15) is 18.7 Å². The minimum absolute atomic E-state index is 0. The van der Waals surface area contributed by atoms with Crippen LogP contribution < -0.4 is 16.0 Å². The molecule has 1 aliphatic rings. The van der Waals surface area contributed by atoms with Crippen molar-refractivity contribution in [3.63, 3.8) is 0 Å². The van der Waals surface area contributed by atoms with Crippen molar-refractivity contribution in [3.8, 4) is 11.4 Å². The first-order chi connectivity index (χ1) is 14.6. The number of hydrogen-bond donors (Lipinski definition) is 3. The number of nitrogens with zero attached hydrogens (tertiary/aromatic N) is 4. The van der Waals surface area contributed by atoms with Gasteiger partial charge in [0.25, 0.3) is 0 Å². The number of amides is 1. The summed E-state index contributed by atoms with van der Waals surface area (Å²) in [6.07, 6.45) is 2.52. The van der Waals surface area contributed by atoms with E-state index >= 15 is 0 Å². The SMILES string of the molecule is CN=C(NCCc1nc(-c2ccc(Cl)cc2)no1)NC1CCN(CC(=O)NC)CC1.I. The second-order valence-electron chi connectivity index (χ2n) is 7.14. The molecule has 0 bridgehead atoms. The van der Waals surface area contributed by atoms with Crippen molar-refractivity contribution in [2.75, 3.05) is 40.3 Å². The van der Waals surface area contributed by atoms with Crippen molar-refractivity contribution >= 4 is 47.4 Å². The number of piperidine rings is 1. The normalized spacial score (nSPS) is 15.3. The molecule has 31 heavy (non-hydrogen) atoms. The summed E-state index contributed by atoms with van der Waals surface area (Å²) >= 11 is 5.91. The minimum atomic E-state index is 0. The van der Waals surface area contributed by atoms with Crippen LogP contribution in [0.3, 0.4) is 0 Å². The quantitative estimate of drug-likeness (QED) is 0.269. The van der Waals surface area contributed by atoms with Gasteiger partial charge in [0.1, 0.15) is 0 Å². The Morgan fingerprint density at radius 2 is 2.00 bits per heavy atom. The lowest BCUT2D eigenvalue weighted by Gasteiger charge is -2.32. The molecule has 2 heterocycles. The van der Waals surface area contributed by atoms with Crippen LogP contribution in [0, 0.1) is 0 Å². The summed E-state index contributed by atoms with van der Waals surface area (Å²) in [4.78, 5) is 22.4. The minimum Gasteiger partial charge on any atom is -0.358 e. The number of benzene rings is 1. The highest BCUT2D eigenvalue weighted by molar-refractivity contribution is 14.0. The zero-order valence-electron chi connectivity index (χ0n) is 17.7. The molecule has 0 radical (unpaired) electrons. The molecule has 1 fully saturated rings. The smallest absolute Gasteiger partial charge is 0.233 e. The Morgan fingerprint density at radius 1 is 1.29 bits per heavy atom. The van der Waals surface area contributed by atoms with Crippen LogP contribution in [0.5, 0.6) is 0 Å². The zero-order chi connectivity index (χ0) is 21.3. The van der Waals surface area contributed by atoms with Gasteiger partial charge in [-0.15, -0.1) is 24.0 Å². The molecule has 11 heteroatoms. The van der Waals surface area contributed by atoms with Gasteiger partial charge in [0, 0.05) is 56.8 Å². The van der Waals surface area contributed by atoms with E-state index in [0.717, 1.165) is 37.5 Å². The van der Waals surface area contributed by atoms with E-state index < -0.39 is 0 Å². The van der Waals surface area contributed by atoms with Crippen molar-refractivity contribution in [2.45, 2.75) is 25.3 Å². The van der Waals surface area contributed by atoms with Crippen LogP contribution in [-0.4, -0.2) is 73.2 Å². The maximum absolute atomic E-state index is 11.5. The molecular weight excluding hydrogens is 533 g/mol. The maximum Gasteiger partial charge on any atom is 0.233 e. The Hall–Kier alpha value is -1.92. The molecule has 3 rings (SSSR count). The molecule has 0 unspecified atom stereocenters. The molecule has 1 aromatic heterocycles. The van der Waals surface area contributed by atoms with E-state index in [0.29, 0.717) is 42.3 Å². The van der Waals surface area contributed by atoms with Crippen LogP contribution in [0.2, 0.25) is 5.02 Å². The van der Waals surface area contributed by atoms with E-state index in [9.17, 15) is 4.79 Å². The molecule has 170 valence electrons. The molecule has 2 aromatic rings. The number of aromatic nitrogens is 2. The van der Waals surface area contributed by atoms with Gasteiger partial charge in [-0.2, -0.15) is 4.98 Å². The highest BCUT2D eigenvalue weighted by Crippen LogP contribution is 2.18. The van der Waals surface area contributed by atoms with E-state index in [4.69, 9.17) is 16.1 Å². The van der Waals surface area contributed by atoms with Gasteiger partial charge in [-0.05, 0) is 37.1 Å². The van der Waals surface area contributed by atoms with Gasteiger partial charge in [-0.3, -0.25) is 14.7 Å². The van der Waals surface area contributed by atoms with Crippen LogP contribution in [0.15, 0.2) is 33.8 Å². The first-order valence-electron chi connectivity index (χ1n) is 10.1. The number of rotatable bonds is 7. The Morgan fingerprint density at radius 3 is 2.65 bits per heavy atom. The Balaban J connectivity index is 0.00000341. The molecule has 1 aromatic carbocycles. The topological polar surface area (TPSA) is 108 Å². The molecule has 3 N–H and O–H groups in total. The van der Waals surface area contributed by atoms with Crippen molar-refractivity contribution in [1.82, 2.24) is 31.0 Å². The standard InChI is InChI=1S/C20H28ClN7O2.HI/c1-22-17(29)13-28-11-8-16(9-12-28)25-20(23-2)24-10-7-18-26-19(27-30-18)14-3-5-15(21)6-4-14;/h3-6,16H,7-13H2,1-2H3,(H,22,29)(H2,23,24,25);1H. The first-order valence-corrected chi connectivity index (χ1v) is 10.4. The van der Waals surface area contributed by atoms with E-state index in [2.05, 4.69) is 36.0 Å². The average Bonchev–Trinajstić information content (AvgIpc) is 3.23. The number of carbonyl (C=O) groups excluding carboxylic acids is 1. The molecule has 1 saturated heterocycles. The van der Waals surface area contributed by atoms with E-state index in [1.54, 1.807) is 26.2 Å². The highest BCUT2D eigenvalue weighted by atomic mass is 127. The summed E-state index contributed by atoms with van der Waals surface area (Å²) in [6, 6.07) is 7.65. The zero-order valence-corrected chi connectivity index (χ0v) is 20.8. The number of hydrogen-bond acceptors (Lipinski definition) is 6. The van der Waals surface area contributed by atoms with Crippen LogP contribution in [-0.2, 0) is 11.2 Å². The van der Waals surface area contributed by atoms with Gasteiger partial charge in [0.05, 0.1) is 6.54 Å². The molecular formula is C20H29ClIN7O2. The molecule has 1 aliphatic heterocycles. The van der Waals surface area contributed by atoms with E-state index in [1.807, 2.05) is 12.1 Å². The van der Waals surface area contributed by atoms with Crippen LogP contribution in [0.4, 0.5) is 0 Å². The van der Waals surface area contributed by atoms with Crippen molar-refractivity contribution in [3.05, 3.63) is 35.2 Å². The molecule has 9 nitrogen and oxygen atoms in total. The second-order valence-corrected chi connectivity index (χ2v) is 7.57. The average molecular weight is 562 g/mol. The summed E-state index contributed by atoms with van der Waals surface area (Å²) in [5.74, 6) is 1.91. The summed E-state index contributed by atoms with van der Waals surface area (Å²) < 4.78 is 5.33. The van der Waals surface area contributed by atoms with E-state index in [1.165, 1.54) is 0 Å². The number of guanidine groups is 1. The van der Waals surface area contributed by atoms with Crippen LogP contribution in [0.25, 0.3) is 11.4 Å².